The van der Waals surface area contributed by atoms with Gasteiger partial charge in [-0.05, 0) is 24.1 Å². The second kappa shape index (κ2) is 7.44. The summed E-state index contributed by atoms with van der Waals surface area (Å²) in [5.74, 6) is 2.26. The monoisotopic (exact) mass is 232 g/mol. The van der Waals surface area contributed by atoms with Crippen molar-refractivity contribution in [2.24, 2.45) is 0 Å². The molecule has 0 aromatic heterocycles. The Bertz CT molecular complexity index is 393. The molecule has 3 N–H and O–H groups in total. The summed E-state index contributed by atoms with van der Waals surface area (Å²) >= 11 is 0. The quantitative estimate of drug-likeness (QED) is 0.491. The van der Waals surface area contributed by atoms with Crippen LogP contribution in [0.25, 0.3) is 0 Å². The maximum atomic E-state index is 11.4. The van der Waals surface area contributed by atoms with E-state index in [0.717, 1.165) is 11.3 Å². The van der Waals surface area contributed by atoms with Crippen LogP contribution in [0.5, 0.6) is 0 Å². The molecule has 4 heteroatoms. The van der Waals surface area contributed by atoms with Gasteiger partial charge >= 0.3 is 0 Å². The van der Waals surface area contributed by atoms with Gasteiger partial charge in [-0.2, -0.15) is 0 Å². The molecule has 0 fully saturated rings. The maximum absolute atomic E-state index is 11.4. The number of anilines is 1. The van der Waals surface area contributed by atoms with Crippen LogP contribution in [0, 0.1) is 12.3 Å². The molecule has 0 unspecified atom stereocenters. The summed E-state index contributed by atoms with van der Waals surface area (Å²) in [6.07, 6.45) is 5.67. The Morgan fingerprint density at radius 3 is 2.65 bits per heavy atom. The van der Waals surface area contributed by atoms with Crippen LogP contribution in [0.2, 0.25) is 0 Å². The molecular weight excluding hydrogens is 216 g/mol. The lowest BCUT2D eigenvalue weighted by atomic mass is 10.1. The molecule has 0 aliphatic carbocycles. The summed E-state index contributed by atoms with van der Waals surface area (Å²) in [6, 6.07) is 7.37. The zero-order chi connectivity index (χ0) is 12.5. The van der Waals surface area contributed by atoms with Crippen molar-refractivity contribution in [2.75, 3.05) is 25.0 Å². The van der Waals surface area contributed by atoms with Gasteiger partial charge in [0.1, 0.15) is 0 Å². The van der Waals surface area contributed by atoms with Crippen LogP contribution in [-0.4, -0.2) is 30.7 Å². The van der Waals surface area contributed by atoms with Crippen LogP contribution in [0.15, 0.2) is 24.3 Å². The highest BCUT2D eigenvalue weighted by Gasteiger charge is 2.01. The normalized spacial score (nSPS) is 9.65. The van der Waals surface area contributed by atoms with E-state index in [1.165, 1.54) is 0 Å². The molecule has 0 saturated heterocycles. The van der Waals surface area contributed by atoms with Gasteiger partial charge in [-0.15, -0.1) is 6.42 Å². The average molecular weight is 232 g/mol. The SMILES string of the molecule is C#CCNCC(=O)Nc1ccc(CCO)cc1. The molecule has 17 heavy (non-hydrogen) atoms. The van der Waals surface area contributed by atoms with Gasteiger partial charge in [0.25, 0.3) is 0 Å². The molecule has 90 valence electrons. The number of aliphatic hydroxyl groups excluding tert-OH is 1. The number of carbonyl (C=O) groups excluding carboxylic acids is 1. The predicted octanol–water partition coefficient (Wildman–Crippen LogP) is 0.383. The van der Waals surface area contributed by atoms with Crippen molar-refractivity contribution in [2.45, 2.75) is 6.42 Å². The molecule has 4 nitrogen and oxygen atoms in total. The molecule has 0 bridgehead atoms. The van der Waals surface area contributed by atoms with Gasteiger partial charge in [0, 0.05) is 12.3 Å². The Balaban J connectivity index is 2.40. The van der Waals surface area contributed by atoms with E-state index in [9.17, 15) is 4.79 Å². The molecule has 1 rings (SSSR count). The highest BCUT2D eigenvalue weighted by atomic mass is 16.2. The van der Waals surface area contributed by atoms with Crippen molar-refractivity contribution in [3.8, 4) is 12.3 Å². The first kappa shape index (κ1) is 13.2. The second-order valence-corrected chi connectivity index (χ2v) is 3.53. The molecule has 0 heterocycles. The fourth-order valence-corrected chi connectivity index (χ4v) is 1.34. The van der Waals surface area contributed by atoms with Crippen LogP contribution in [0.4, 0.5) is 5.69 Å². The lowest BCUT2D eigenvalue weighted by molar-refractivity contribution is -0.115. The number of hydrogen-bond acceptors (Lipinski definition) is 3. The summed E-state index contributed by atoms with van der Waals surface area (Å²) in [5.41, 5.74) is 1.77. The van der Waals surface area contributed by atoms with Crippen LogP contribution in [0.1, 0.15) is 5.56 Å². The second-order valence-electron chi connectivity index (χ2n) is 3.53. The smallest absolute Gasteiger partial charge is 0.238 e. The van der Waals surface area contributed by atoms with Gasteiger partial charge in [0.05, 0.1) is 13.1 Å². The Kier molecular flexibility index (Phi) is 5.80. The Labute approximate surface area is 101 Å². The van der Waals surface area contributed by atoms with E-state index in [1.54, 1.807) is 0 Å². The summed E-state index contributed by atoms with van der Waals surface area (Å²) in [4.78, 5) is 11.4. The van der Waals surface area contributed by atoms with E-state index in [-0.39, 0.29) is 19.1 Å². The molecule has 1 aromatic carbocycles. The molecule has 1 amide bonds. The zero-order valence-corrected chi connectivity index (χ0v) is 9.57. The predicted molar refractivity (Wildman–Crippen MR) is 67.6 cm³/mol. The Hall–Kier alpha value is -1.83. The topological polar surface area (TPSA) is 61.4 Å². The molecule has 0 atom stereocenters. The van der Waals surface area contributed by atoms with Crippen molar-refractivity contribution in [1.82, 2.24) is 5.32 Å². The van der Waals surface area contributed by atoms with Crippen LogP contribution >= 0.6 is 0 Å². The van der Waals surface area contributed by atoms with Gasteiger partial charge in [-0.25, -0.2) is 0 Å². The maximum Gasteiger partial charge on any atom is 0.238 e. The van der Waals surface area contributed by atoms with Crippen LogP contribution < -0.4 is 10.6 Å². The minimum Gasteiger partial charge on any atom is -0.396 e. The minimum absolute atomic E-state index is 0.127. The highest BCUT2D eigenvalue weighted by molar-refractivity contribution is 5.92. The average Bonchev–Trinajstić information content (AvgIpc) is 2.32. The molecule has 0 spiro atoms. The number of rotatable bonds is 6. The van der Waals surface area contributed by atoms with Crippen molar-refractivity contribution < 1.29 is 9.90 Å². The number of amides is 1. The summed E-state index contributed by atoms with van der Waals surface area (Å²) < 4.78 is 0. The summed E-state index contributed by atoms with van der Waals surface area (Å²) in [7, 11) is 0. The van der Waals surface area contributed by atoms with Crippen molar-refractivity contribution >= 4 is 11.6 Å². The highest BCUT2D eigenvalue weighted by Crippen LogP contribution is 2.09. The molecule has 0 radical (unpaired) electrons. The fourth-order valence-electron chi connectivity index (χ4n) is 1.34. The Morgan fingerprint density at radius 2 is 2.06 bits per heavy atom. The zero-order valence-electron chi connectivity index (χ0n) is 9.57. The largest absolute Gasteiger partial charge is 0.396 e. The Morgan fingerprint density at radius 1 is 1.35 bits per heavy atom. The van der Waals surface area contributed by atoms with E-state index < -0.39 is 0 Å². The number of nitrogens with one attached hydrogen (secondary N) is 2. The molecular formula is C13H16N2O2. The summed E-state index contributed by atoms with van der Waals surface area (Å²) in [6.45, 7) is 0.702. The lowest BCUT2D eigenvalue weighted by Crippen LogP contribution is -2.28. The fraction of sp³-hybridized carbons (Fsp3) is 0.308. The molecule has 0 saturated carbocycles. The molecule has 0 aliphatic heterocycles. The first-order chi connectivity index (χ1) is 8.26. The third-order valence-corrected chi connectivity index (χ3v) is 2.15. The third kappa shape index (κ3) is 5.16. The van der Waals surface area contributed by atoms with Gasteiger partial charge < -0.3 is 10.4 Å². The van der Waals surface area contributed by atoms with Crippen molar-refractivity contribution in [1.29, 1.82) is 0 Å². The van der Waals surface area contributed by atoms with Crippen molar-refractivity contribution in [3.05, 3.63) is 29.8 Å². The number of carbonyl (C=O) groups is 1. The standard InChI is InChI=1S/C13H16N2O2/c1-2-8-14-10-13(17)15-12-5-3-11(4-6-12)7-9-16/h1,3-6,14,16H,7-10H2,(H,15,17). The van der Waals surface area contributed by atoms with Gasteiger partial charge in [0.15, 0.2) is 0 Å². The van der Waals surface area contributed by atoms with E-state index in [1.807, 2.05) is 24.3 Å². The van der Waals surface area contributed by atoms with Crippen molar-refractivity contribution in [3.63, 3.8) is 0 Å². The first-order valence-corrected chi connectivity index (χ1v) is 5.40. The molecule has 0 aliphatic rings. The first-order valence-electron chi connectivity index (χ1n) is 5.40. The van der Waals surface area contributed by atoms with E-state index in [2.05, 4.69) is 16.6 Å². The van der Waals surface area contributed by atoms with Gasteiger partial charge in [0.2, 0.25) is 5.91 Å². The number of terminal acetylenes is 1. The number of aliphatic hydroxyl groups is 1. The van der Waals surface area contributed by atoms with Gasteiger partial charge in [-0.3, -0.25) is 10.1 Å². The van der Waals surface area contributed by atoms with Crippen LogP contribution in [0.3, 0.4) is 0 Å². The third-order valence-electron chi connectivity index (χ3n) is 2.15. The number of benzene rings is 1. The van der Waals surface area contributed by atoms with E-state index >= 15 is 0 Å². The molecule has 1 aromatic rings. The van der Waals surface area contributed by atoms with Crippen LogP contribution in [-0.2, 0) is 11.2 Å². The van der Waals surface area contributed by atoms with Gasteiger partial charge in [-0.1, -0.05) is 18.1 Å². The van der Waals surface area contributed by atoms with E-state index in [0.29, 0.717) is 13.0 Å². The summed E-state index contributed by atoms with van der Waals surface area (Å²) in [5, 5.41) is 14.3. The van der Waals surface area contributed by atoms with E-state index in [4.69, 9.17) is 11.5 Å². The number of hydrogen-bond donors (Lipinski definition) is 3. The lowest BCUT2D eigenvalue weighted by Gasteiger charge is -2.06. The minimum atomic E-state index is -0.129.